The van der Waals surface area contributed by atoms with Gasteiger partial charge in [-0.2, -0.15) is 0 Å². The van der Waals surface area contributed by atoms with Gasteiger partial charge in [-0.25, -0.2) is 0 Å². The topological polar surface area (TPSA) is 21.7 Å². The fourth-order valence-corrected chi connectivity index (χ4v) is 1.51. The lowest BCUT2D eigenvalue weighted by Crippen LogP contribution is -2.33. The van der Waals surface area contributed by atoms with E-state index in [4.69, 9.17) is 8.85 Å². The van der Waals surface area contributed by atoms with Gasteiger partial charge < -0.3 is 8.85 Å². The Labute approximate surface area is 63.0 Å². The van der Waals surface area contributed by atoms with Crippen molar-refractivity contribution in [2.75, 3.05) is 33.4 Å². The van der Waals surface area contributed by atoms with Crippen molar-refractivity contribution in [1.82, 2.24) is 4.90 Å². The van der Waals surface area contributed by atoms with E-state index in [1.54, 1.807) is 0 Å². The van der Waals surface area contributed by atoms with Crippen LogP contribution in [0.25, 0.3) is 0 Å². The van der Waals surface area contributed by atoms with E-state index in [9.17, 15) is 0 Å². The number of likely N-dealkylation sites (N-methyl/N-ethyl adjacent to an activating group) is 1. The molecule has 1 rings (SSSR count). The van der Waals surface area contributed by atoms with Crippen LogP contribution in [-0.4, -0.2) is 53.3 Å². The van der Waals surface area contributed by atoms with Crippen LogP contribution in [0.4, 0.5) is 0 Å². The Morgan fingerprint density at radius 3 is 2.30 bits per heavy atom. The van der Waals surface area contributed by atoms with Crippen molar-refractivity contribution in [3.8, 4) is 0 Å². The summed E-state index contributed by atoms with van der Waals surface area (Å²) in [5.74, 6) is 0. The molecule has 1 fully saturated rings. The van der Waals surface area contributed by atoms with Gasteiger partial charge in [-0.1, -0.05) is 0 Å². The van der Waals surface area contributed by atoms with Crippen LogP contribution >= 0.6 is 0 Å². The van der Waals surface area contributed by atoms with Gasteiger partial charge in [0.05, 0.1) is 13.2 Å². The summed E-state index contributed by atoms with van der Waals surface area (Å²) in [4.78, 5) is 2.19. The van der Waals surface area contributed by atoms with Gasteiger partial charge >= 0.3 is 8.90 Å². The Kier molecular flexibility index (Phi) is 2.89. The zero-order valence-corrected chi connectivity index (χ0v) is 7.30. The van der Waals surface area contributed by atoms with E-state index in [-0.39, 0.29) is 0 Å². The van der Waals surface area contributed by atoms with Crippen molar-refractivity contribution in [3.05, 3.63) is 0 Å². The van der Waals surface area contributed by atoms with E-state index in [2.05, 4.69) is 18.1 Å². The molecule has 0 radical (unpaired) electrons. The molecule has 10 heavy (non-hydrogen) atoms. The second-order valence-corrected chi connectivity index (χ2v) is 3.69. The second kappa shape index (κ2) is 3.73. The van der Waals surface area contributed by atoms with E-state index < -0.39 is 8.90 Å². The summed E-state index contributed by atoms with van der Waals surface area (Å²) < 4.78 is 10.6. The molecule has 0 aromatic heterocycles. The molecule has 0 amide bonds. The van der Waals surface area contributed by atoms with Gasteiger partial charge in [0.1, 0.15) is 0 Å². The SMILES string of the molecule is C=[Si]1OCCN(C)CCO1. The highest BCUT2D eigenvalue weighted by Gasteiger charge is 2.06. The average molecular weight is 159 g/mol. The quantitative estimate of drug-likeness (QED) is 0.443. The normalized spacial score (nSPS) is 22.3. The summed E-state index contributed by atoms with van der Waals surface area (Å²) in [5, 5.41) is 0. The van der Waals surface area contributed by atoms with Crippen LogP contribution in [0.2, 0.25) is 0 Å². The van der Waals surface area contributed by atoms with Crippen molar-refractivity contribution < 1.29 is 8.85 Å². The highest BCUT2D eigenvalue weighted by Crippen LogP contribution is 1.90. The van der Waals surface area contributed by atoms with Crippen LogP contribution in [0.5, 0.6) is 0 Å². The van der Waals surface area contributed by atoms with Crippen LogP contribution in [-0.2, 0) is 8.85 Å². The first-order chi connectivity index (χ1) is 4.79. The summed E-state index contributed by atoms with van der Waals surface area (Å²) >= 11 is 0. The summed E-state index contributed by atoms with van der Waals surface area (Å²) in [6.45, 7) is 3.50. The lowest BCUT2D eigenvalue weighted by Gasteiger charge is -2.21. The molecule has 0 bridgehead atoms. The third kappa shape index (κ3) is 2.49. The van der Waals surface area contributed by atoms with E-state index in [0.29, 0.717) is 0 Å². The Balaban J connectivity index is 2.27. The molecule has 0 spiro atoms. The summed E-state index contributed by atoms with van der Waals surface area (Å²) in [5.41, 5.74) is 0. The molecule has 1 heterocycles. The highest BCUT2D eigenvalue weighted by molar-refractivity contribution is 6.48. The molecule has 1 aliphatic rings. The molecule has 0 atom stereocenters. The third-order valence-electron chi connectivity index (χ3n) is 1.47. The first kappa shape index (κ1) is 7.75. The van der Waals surface area contributed by atoms with Gasteiger partial charge in [0.25, 0.3) is 0 Å². The third-order valence-corrected chi connectivity index (χ3v) is 2.52. The van der Waals surface area contributed by atoms with Crippen LogP contribution < -0.4 is 0 Å². The molecule has 0 N–H and O–H groups in total. The monoisotopic (exact) mass is 159 g/mol. The van der Waals surface area contributed by atoms with Gasteiger partial charge in [0.15, 0.2) is 0 Å². The van der Waals surface area contributed by atoms with Crippen molar-refractivity contribution in [2.45, 2.75) is 0 Å². The maximum Gasteiger partial charge on any atom is 0.472 e. The minimum Gasteiger partial charge on any atom is -0.522 e. The average Bonchev–Trinajstić information content (AvgIpc) is 1.84. The molecular weight excluding hydrogens is 146 g/mol. The van der Waals surface area contributed by atoms with Crippen molar-refractivity contribution in [1.29, 1.82) is 0 Å². The van der Waals surface area contributed by atoms with E-state index in [0.717, 1.165) is 26.3 Å². The molecule has 0 unspecified atom stereocenters. The summed E-state index contributed by atoms with van der Waals surface area (Å²) in [6, 6.07) is 0. The number of rotatable bonds is 0. The van der Waals surface area contributed by atoms with Crippen molar-refractivity contribution in [2.24, 2.45) is 0 Å². The molecule has 1 saturated heterocycles. The number of hydrogen-bond donors (Lipinski definition) is 0. The molecule has 3 nitrogen and oxygen atoms in total. The zero-order valence-electron chi connectivity index (χ0n) is 6.30. The molecule has 1 aliphatic heterocycles. The smallest absolute Gasteiger partial charge is 0.472 e. The second-order valence-electron chi connectivity index (χ2n) is 2.37. The standard InChI is InChI=1S/C6H13NO2Si/c1-7-3-5-8-10(2)9-6-4-7/h2-6H2,1H3. The summed E-state index contributed by atoms with van der Waals surface area (Å²) in [7, 11) is 0.911. The van der Waals surface area contributed by atoms with E-state index >= 15 is 0 Å². The lowest BCUT2D eigenvalue weighted by molar-refractivity contribution is 0.138. The fourth-order valence-electron chi connectivity index (χ4n) is 0.784. The van der Waals surface area contributed by atoms with Crippen LogP contribution in [0.3, 0.4) is 0 Å². The fraction of sp³-hybridized carbons (Fsp3) is 0.833. The first-order valence-corrected chi connectivity index (χ1v) is 4.94. The van der Waals surface area contributed by atoms with Crippen molar-refractivity contribution in [3.63, 3.8) is 0 Å². The molecule has 0 aromatic carbocycles. The van der Waals surface area contributed by atoms with Gasteiger partial charge in [0, 0.05) is 13.1 Å². The van der Waals surface area contributed by atoms with E-state index in [1.807, 2.05) is 0 Å². The molecule has 0 aromatic rings. The molecular formula is C6H13NO2Si. The molecule has 4 heteroatoms. The molecule has 0 saturated carbocycles. The summed E-state index contributed by atoms with van der Waals surface area (Å²) in [6.07, 6.45) is 3.76. The predicted molar refractivity (Wildman–Crippen MR) is 42.3 cm³/mol. The van der Waals surface area contributed by atoms with Gasteiger partial charge in [-0.3, -0.25) is 4.90 Å². The molecule has 0 aliphatic carbocycles. The highest BCUT2D eigenvalue weighted by atomic mass is 28.3. The maximum absolute atomic E-state index is 5.28. The minimum absolute atomic E-state index is 0.758. The largest absolute Gasteiger partial charge is 0.522 e. The Morgan fingerprint density at radius 2 is 1.80 bits per heavy atom. The Morgan fingerprint density at radius 1 is 1.30 bits per heavy atom. The lowest BCUT2D eigenvalue weighted by atomic mass is 10.5. The first-order valence-electron chi connectivity index (χ1n) is 3.42. The molecule has 58 valence electrons. The Hall–Kier alpha value is -0.353. The zero-order chi connectivity index (χ0) is 7.40. The van der Waals surface area contributed by atoms with Gasteiger partial charge in [0.2, 0.25) is 0 Å². The van der Waals surface area contributed by atoms with Crippen molar-refractivity contribution >= 4 is 15.1 Å². The van der Waals surface area contributed by atoms with Crippen LogP contribution in [0, 0.1) is 0 Å². The van der Waals surface area contributed by atoms with Crippen LogP contribution in [0.1, 0.15) is 0 Å². The van der Waals surface area contributed by atoms with Crippen LogP contribution in [0.15, 0.2) is 0 Å². The van der Waals surface area contributed by atoms with E-state index in [1.165, 1.54) is 0 Å². The van der Waals surface area contributed by atoms with Gasteiger partial charge in [-0.05, 0) is 13.2 Å². The minimum atomic E-state index is -1.15. The number of nitrogens with zero attached hydrogens (tertiary/aromatic N) is 1. The Bertz CT molecular complexity index is 117. The predicted octanol–water partition coefficient (Wildman–Crippen LogP) is -0.533. The number of hydrogen-bond acceptors (Lipinski definition) is 3. The van der Waals surface area contributed by atoms with Gasteiger partial charge in [-0.15, -0.1) is 0 Å². The maximum atomic E-state index is 5.28.